The summed E-state index contributed by atoms with van der Waals surface area (Å²) in [6, 6.07) is 8.86. The van der Waals surface area contributed by atoms with E-state index in [9.17, 15) is 9.59 Å². The Balaban J connectivity index is 1.93. The number of fused-ring (bicyclic) bond motifs is 2. The molecule has 0 saturated heterocycles. The van der Waals surface area contributed by atoms with Gasteiger partial charge in [0.05, 0.1) is 16.8 Å². The van der Waals surface area contributed by atoms with Crippen molar-refractivity contribution in [2.24, 2.45) is 0 Å². The minimum absolute atomic E-state index is 0.145. The molecule has 0 spiro atoms. The first-order valence-electron chi connectivity index (χ1n) is 9.67. The van der Waals surface area contributed by atoms with Crippen LogP contribution < -0.4 is 4.74 Å². The van der Waals surface area contributed by atoms with E-state index < -0.39 is 5.97 Å². The number of carbonyl (C=O) groups is 2. The van der Waals surface area contributed by atoms with E-state index in [0.29, 0.717) is 26.0 Å². The summed E-state index contributed by atoms with van der Waals surface area (Å²) in [4.78, 5) is 31.2. The quantitative estimate of drug-likeness (QED) is 0.256. The van der Waals surface area contributed by atoms with E-state index in [2.05, 4.69) is 64.5 Å². The molecule has 0 amide bonds. The van der Waals surface area contributed by atoms with Crippen molar-refractivity contribution >= 4 is 65.2 Å². The van der Waals surface area contributed by atoms with Crippen LogP contribution in [-0.2, 0) is 0 Å². The summed E-state index contributed by atoms with van der Waals surface area (Å²) in [5.41, 5.74) is 2.88. The number of nitrogens with zero attached hydrogens (tertiary/aromatic N) is 2. The maximum atomic E-state index is 13.7. The Morgan fingerprint density at radius 3 is 2.10 bits per heavy atom. The molecule has 0 saturated carbocycles. The third-order valence-electron chi connectivity index (χ3n) is 5.42. The van der Waals surface area contributed by atoms with Crippen LogP contribution in [0.2, 0.25) is 0 Å². The molecule has 1 heterocycles. The molecule has 2 aromatic rings. The van der Waals surface area contributed by atoms with Gasteiger partial charge in [-0.15, -0.1) is 0 Å². The van der Waals surface area contributed by atoms with Crippen molar-refractivity contribution in [1.82, 2.24) is 9.80 Å². The number of allylic oxidation sites excluding steroid dienone is 1. The number of carbonyl (C=O) groups excluding carboxylic acids is 2. The second-order valence-electron chi connectivity index (χ2n) is 6.96. The lowest BCUT2D eigenvalue weighted by atomic mass is 10.0. The van der Waals surface area contributed by atoms with E-state index in [0.717, 1.165) is 41.9 Å². The molecule has 2 aromatic carbocycles. The second kappa shape index (κ2) is 8.48. The highest BCUT2D eigenvalue weighted by Gasteiger charge is 2.43. The van der Waals surface area contributed by atoms with E-state index in [-0.39, 0.29) is 11.3 Å². The molecule has 4 rings (SSSR count). The minimum atomic E-state index is -0.572. The van der Waals surface area contributed by atoms with Crippen molar-refractivity contribution in [3.8, 4) is 5.75 Å². The Bertz CT molecular complexity index is 1080. The van der Waals surface area contributed by atoms with Gasteiger partial charge in [-0.1, -0.05) is 18.2 Å². The highest BCUT2D eigenvalue weighted by atomic mass is 79.9. The molecule has 1 aliphatic carbocycles. The molecular formula is C22H19Br3N2O3. The summed E-state index contributed by atoms with van der Waals surface area (Å²) in [5, 5.41) is 0. The molecule has 0 unspecified atom stereocenters. The van der Waals surface area contributed by atoms with Gasteiger partial charge >= 0.3 is 5.97 Å². The number of rotatable bonds is 4. The third kappa shape index (κ3) is 3.33. The monoisotopic (exact) mass is 596 g/mol. The standard InChI is InChI=1S/C22H19Br3N2O3/c1-3-26-10-11-27(4-2)20-19(26)14-13(21(20)28)15(17(24)18(25)16(14)23)22(29)30-12-8-6-5-7-9-12/h5-9H,3-4,10-11H2,1-2H3. The van der Waals surface area contributed by atoms with Crippen LogP contribution in [-0.4, -0.2) is 47.7 Å². The molecule has 0 aromatic heterocycles. The average molecular weight is 599 g/mol. The van der Waals surface area contributed by atoms with Crippen LogP contribution in [0.15, 0.2) is 49.4 Å². The SMILES string of the molecule is CCN1CCN(CC)C2=C1C(=O)c1c(C(=O)Oc3ccccc3)c(Br)c(Br)c(Br)c12. The highest BCUT2D eigenvalue weighted by Crippen LogP contribution is 2.49. The number of benzene rings is 2. The van der Waals surface area contributed by atoms with Crippen LogP contribution in [0, 0.1) is 0 Å². The number of esters is 1. The molecule has 2 aliphatic rings. The van der Waals surface area contributed by atoms with Crippen LogP contribution in [0.1, 0.15) is 40.1 Å². The first kappa shape index (κ1) is 21.6. The van der Waals surface area contributed by atoms with Crippen molar-refractivity contribution in [1.29, 1.82) is 0 Å². The van der Waals surface area contributed by atoms with E-state index >= 15 is 0 Å². The number of halogens is 3. The van der Waals surface area contributed by atoms with E-state index in [1.807, 2.05) is 13.0 Å². The minimum Gasteiger partial charge on any atom is -0.423 e. The zero-order chi connectivity index (χ0) is 21.6. The number of hydrogen-bond acceptors (Lipinski definition) is 5. The summed E-state index contributed by atoms with van der Waals surface area (Å²) in [5.74, 6) is -0.290. The van der Waals surface area contributed by atoms with Crippen molar-refractivity contribution in [2.45, 2.75) is 13.8 Å². The number of hydrogen-bond donors (Lipinski definition) is 0. The Labute approximate surface area is 200 Å². The summed E-state index contributed by atoms with van der Waals surface area (Å²) >= 11 is 10.8. The van der Waals surface area contributed by atoms with E-state index in [4.69, 9.17) is 4.74 Å². The maximum absolute atomic E-state index is 13.7. The lowest BCUT2D eigenvalue weighted by molar-refractivity contribution is 0.0728. The van der Waals surface area contributed by atoms with Gasteiger partial charge in [0.25, 0.3) is 0 Å². The molecule has 30 heavy (non-hydrogen) atoms. The largest absolute Gasteiger partial charge is 0.423 e. The van der Waals surface area contributed by atoms with Crippen molar-refractivity contribution in [3.63, 3.8) is 0 Å². The number of Topliss-reactive ketones (excluding diaryl/α,β-unsaturated/α-hetero) is 1. The average Bonchev–Trinajstić information content (AvgIpc) is 3.06. The summed E-state index contributed by atoms with van der Waals surface area (Å²) in [6.07, 6.45) is 0. The smallest absolute Gasteiger partial charge is 0.345 e. The topological polar surface area (TPSA) is 49.9 Å². The lowest BCUT2D eigenvalue weighted by Gasteiger charge is -2.37. The van der Waals surface area contributed by atoms with E-state index in [1.54, 1.807) is 24.3 Å². The molecular weight excluding hydrogens is 580 g/mol. The summed E-state index contributed by atoms with van der Waals surface area (Å²) in [6.45, 7) is 7.19. The Kier molecular flexibility index (Phi) is 6.10. The van der Waals surface area contributed by atoms with Gasteiger partial charge in [0, 0.05) is 45.2 Å². The molecule has 0 atom stereocenters. The molecule has 0 fully saturated rings. The van der Waals surface area contributed by atoms with Gasteiger partial charge in [-0.2, -0.15) is 0 Å². The molecule has 8 heteroatoms. The third-order valence-corrected chi connectivity index (χ3v) is 8.86. The fourth-order valence-electron chi connectivity index (χ4n) is 3.99. The molecule has 0 N–H and O–H groups in total. The van der Waals surface area contributed by atoms with Crippen LogP contribution in [0.4, 0.5) is 0 Å². The molecule has 156 valence electrons. The molecule has 1 aliphatic heterocycles. The van der Waals surface area contributed by atoms with Crippen molar-refractivity contribution < 1.29 is 14.3 Å². The normalized spacial score (nSPS) is 15.4. The first-order valence-corrected chi connectivity index (χ1v) is 12.0. The highest BCUT2D eigenvalue weighted by molar-refractivity contribution is 9.14. The predicted molar refractivity (Wildman–Crippen MR) is 127 cm³/mol. The van der Waals surface area contributed by atoms with E-state index in [1.165, 1.54) is 0 Å². The predicted octanol–water partition coefficient (Wildman–Crippen LogP) is 5.72. The number of para-hydroxylation sites is 1. The second-order valence-corrected chi connectivity index (χ2v) is 9.33. The fraction of sp³-hybridized carbons (Fsp3) is 0.273. The van der Waals surface area contributed by atoms with Gasteiger partial charge in [0.15, 0.2) is 0 Å². The maximum Gasteiger partial charge on any atom is 0.345 e. The molecule has 0 radical (unpaired) electrons. The number of likely N-dealkylation sites (N-methyl/N-ethyl adjacent to an activating group) is 2. The van der Waals surface area contributed by atoms with Crippen molar-refractivity contribution in [2.75, 3.05) is 26.2 Å². The van der Waals surface area contributed by atoms with Gasteiger partial charge in [0.2, 0.25) is 5.78 Å². The van der Waals surface area contributed by atoms with Crippen LogP contribution in [0.25, 0.3) is 5.70 Å². The number of ketones is 1. The van der Waals surface area contributed by atoms with Gasteiger partial charge in [-0.25, -0.2) is 4.79 Å². The van der Waals surface area contributed by atoms with Gasteiger partial charge in [0.1, 0.15) is 11.4 Å². The Morgan fingerprint density at radius 1 is 0.900 bits per heavy atom. The lowest BCUT2D eigenvalue weighted by Crippen LogP contribution is -2.41. The molecule has 0 bridgehead atoms. The summed E-state index contributed by atoms with van der Waals surface area (Å²) < 4.78 is 7.52. The van der Waals surface area contributed by atoms with Gasteiger partial charge in [-0.05, 0) is 73.8 Å². The Hall–Kier alpha value is -1.64. The molecule has 5 nitrogen and oxygen atoms in total. The number of ether oxygens (including phenoxy) is 1. The Morgan fingerprint density at radius 2 is 1.50 bits per heavy atom. The zero-order valence-corrected chi connectivity index (χ0v) is 21.2. The van der Waals surface area contributed by atoms with Crippen molar-refractivity contribution in [3.05, 3.63) is 66.1 Å². The zero-order valence-electron chi connectivity index (χ0n) is 16.5. The summed E-state index contributed by atoms with van der Waals surface area (Å²) in [7, 11) is 0. The van der Waals surface area contributed by atoms with Crippen LogP contribution >= 0.6 is 47.8 Å². The first-order chi connectivity index (χ1) is 14.4. The van der Waals surface area contributed by atoms with Gasteiger partial charge < -0.3 is 14.5 Å². The van der Waals surface area contributed by atoms with Crippen LogP contribution in [0.3, 0.4) is 0 Å². The van der Waals surface area contributed by atoms with Gasteiger partial charge in [-0.3, -0.25) is 4.79 Å². The van der Waals surface area contributed by atoms with Crippen LogP contribution in [0.5, 0.6) is 5.75 Å². The fourth-order valence-corrected chi connectivity index (χ4v) is 5.80.